The third kappa shape index (κ3) is 4.39. The first-order valence-electron chi connectivity index (χ1n) is 10.1. The highest BCUT2D eigenvalue weighted by molar-refractivity contribution is 6.30. The normalized spacial score (nSPS) is 22.6. The van der Waals surface area contributed by atoms with Crippen LogP contribution in [0.5, 0.6) is 11.5 Å². The van der Waals surface area contributed by atoms with Crippen LogP contribution >= 0.6 is 11.6 Å². The van der Waals surface area contributed by atoms with Gasteiger partial charge in [-0.05, 0) is 54.8 Å². The Labute approximate surface area is 185 Å². The van der Waals surface area contributed by atoms with E-state index in [1.54, 1.807) is 50.6 Å². The molecule has 3 unspecified atom stereocenters. The lowest BCUT2D eigenvalue weighted by atomic mass is 9.78. The molecule has 1 aliphatic heterocycles. The number of allylic oxidation sites excluding steroid dienone is 1. The van der Waals surface area contributed by atoms with Crippen LogP contribution in [0.15, 0.2) is 48.7 Å². The van der Waals surface area contributed by atoms with Crippen LogP contribution in [0, 0.1) is 5.92 Å². The second-order valence-corrected chi connectivity index (χ2v) is 8.03. The topological polar surface area (TPSA) is 71.1 Å². The van der Waals surface area contributed by atoms with Crippen LogP contribution < -0.4 is 9.47 Å². The molecule has 6 nitrogen and oxygen atoms in total. The van der Waals surface area contributed by atoms with Crippen LogP contribution in [0.25, 0.3) is 5.57 Å². The number of Topliss-reactive ketones (excluding diaryl/α,β-unsaturated/α-hetero) is 1. The maximum absolute atomic E-state index is 13.2. The lowest BCUT2D eigenvalue weighted by Gasteiger charge is -2.37. The van der Waals surface area contributed by atoms with Crippen molar-refractivity contribution in [2.24, 2.45) is 5.92 Å². The molecular formula is C24H23ClO6. The number of benzene rings is 2. The molecule has 1 fully saturated rings. The zero-order chi connectivity index (χ0) is 22.0. The maximum Gasteiger partial charge on any atom is 0.338 e. The summed E-state index contributed by atoms with van der Waals surface area (Å²) in [5.41, 5.74) is 1.68. The predicted octanol–water partition coefficient (Wildman–Crippen LogP) is 4.69. The van der Waals surface area contributed by atoms with Crippen molar-refractivity contribution < 1.29 is 28.5 Å². The van der Waals surface area contributed by atoms with Gasteiger partial charge in [0.15, 0.2) is 17.3 Å². The Hall–Kier alpha value is -2.99. The highest BCUT2D eigenvalue weighted by Crippen LogP contribution is 2.39. The second-order valence-electron chi connectivity index (χ2n) is 7.59. The van der Waals surface area contributed by atoms with E-state index in [1.807, 2.05) is 6.07 Å². The average molecular weight is 443 g/mol. The number of esters is 1. The highest BCUT2D eigenvalue weighted by atomic mass is 35.5. The number of hydrogen-bond acceptors (Lipinski definition) is 6. The molecule has 162 valence electrons. The SMILES string of the molecule is COc1ccc(C2=COC3CC(OC(=O)c4ccc(Cl)cc4)CCC3C2=O)cc1OC. The number of methoxy groups -OCH3 is 2. The molecule has 2 aliphatic rings. The minimum atomic E-state index is -0.399. The van der Waals surface area contributed by atoms with E-state index in [4.69, 9.17) is 30.5 Å². The van der Waals surface area contributed by atoms with Crippen molar-refractivity contribution in [2.75, 3.05) is 14.2 Å². The lowest BCUT2D eigenvalue weighted by molar-refractivity contribution is -0.126. The average Bonchev–Trinajstić information content (AvgIpc) is 2.79. The molecule has 0 amide bonds. The van der Waals surface area contributed by atoms with Crippen molar-refractivity contribution >= 4 is 28.9 Å². The predicted molar refractivity (Wildman–Crippen MR) is 115 cm³/mol. The van der Waals surface area contributed by atoms with Gasteiger partial charge in [-0.1, -0.05) is 17.7 Å². The molecule has 1 aliphatic carbocycles. The van der Waals surface area contributed by atoms with Gasteiger partial charge in [-0.2, -0.15) is 0 Å². The number of halogens is 1. The van der Waals surface area contributed by atoms with Gasteiger partial charge in [0.05, 0.1) is 37.5 Å². The minimum Gasteiger partial charge on any atom is -0.496 e. The Bertz CT molecular complexity index is 1010. The molecule has 3 atom stereocenters. The van der Waals surface area contributed by atoms with Gasteiger partial charge >= 0.3 is 5.97 Å². The highest BCUT2D eigenvalue weighted by Gasteiger charge is 2.41. The molecule has 0 bridgehead atoms. The Morgan fingerprint density at radius 3 is 2.48 bits per heavy atom. The van der Waals surface area contributed by atoms with Crippen LogP contribution in [0.4, 0.5) is 0 Å². The van der Waals surface area contributed by atoms with E-state index >= 15 is 0 Å². The van der Waals surface area contributed by atoms with Crippen molar-refractivity contribution in [2.45, 2.75) is 31.5 Å². The number of hydrogen-bond donors (Lipinski definition) is 0. The smallest absolute Gasteiger partial charge is 0.338 e. The molecule has 0 radical (unpaired) electrons. The summed E-state index contributed by atoms with van der Waals surface area (Å²) in [6.07, 6.45) is 2.57. The number of carbonyl (C=O) groups excluding carboxylic acids is 2. The van der Waals surface area contributed by atoms with Gasteiger partial charge < -0.3 is 18.9 Å². The van der Waals surface area contributed by atoms with Gasteiger partial charge in [0.2, 0.25) is 0 Å². The molecule has 7 heteroatoms. The molecule has 31 heavy (non-hydrogen) atoms. The number of ketones is 1. The Kier molecular flexibility index (Phi) is 6.18. The van der Waals surface area contributed by atoms with Gasteiger partial charge in [-0.3, -0.25) is 4.79 Å². The zero-order valence-electron chi connectivity index (χ0n) is 17.3. The quantitative estimate of drug-likeness (QED) is 0.625. The minimum absolute atomic E-state index is 0.0333. The van der Waals surface area contributed by atoms with Crippen LogP contribution in [0.2, 0.25) is 5.02 Å². The molecule has 4 rings (SSSR count). The van der Waals surface area contributed by atoms with E-state index in [1.165, 1.54) is 6.26 Å². The van der Waals surface area contributed by atoms with E-state index in [0.717, 1.165) is 5.56 Å². The number of ether oxygens (including phenoxy) is 4. The number of carbonyl (C=O) groups is 2. The van der Waals surface area contributed by atoms with Crippen molar-refractivity contribution in [1.82, 2.24) is 0 Å². The summed E-state index contributed by atoms with van der Waals surface area (Å²) in [4.78, 5) is 25.5. The van der Waals surface area contributed by atoms with E-state index in [2.05, 4.69) is 0 Å². The summed E-state index contributed by atoms with van der Waals surface area (Å²) < 4.78 is 22.2. The summed E-state index contributed by atoms with van der Waals surface area (Å²) in [6.45, 7) is 0. The molecule has 0 N–H and O–H groups in total. The van der Waals surface area contributed by atoms with Crippen LogP contribution in [-0.2, 0) is 14.3 Å². The maximum atomic E-state index is 13.2. The molecule has 0 saturated heterocycles. The molecule has 2 aromatic rings. The third-order valence-corrected chi connectivity index (χ3v) is 6.01. The number of rotatable bonds is 5. The summed E-state index contributed by atoms with van der Waals surface area (Å²) in [7, 11) is 3.12. The Morgan fingerprint density at radius 2 is 1.77 bits per heavy atom. The first kappa shape index (κ1) is 21.2. The van der Waals surface area contributed by atoms with Gasteiger partial charge in [-0.25, -0.2) is 4.79 Å². The first-order chi connectivity index (χ1) is 15.0. The van der Waals surface area contributed by atoms with E-state index < -0.39 is 5.97 Å². The largest absolute Gasteiger partial charge is 0.496 e. The Morgan fingerprint density at radius 1 is 1.03 bits per heavy atom. The summed E-state index contributed by atoms with van der Waals surface area (Å²) in [5.74, 6) is 0.513. The zero-order valence-corrected chi connectivity index (χ0v) is 18.1. The molecular weight excluding hydrogens is 420 g/mol. The standard InChI is InChI=1S/C24H23ClO6/c1-28-20-10-5-15(11-22(20)29-2)19-13-30-21-12-17(8-9-18(21)23(19)26)31-24(27)14-3-6-16(25)7-4-14/h3-7,10-11,13,17-18,21H,8-9,12H2,1-2H3. The molecule has 2 aromatic carbocycles. The van der Waals surface area contributed by atoms with Gasteiger partial charge in [-0.15, -0.1) is 0 Å². The molecule has 1 saturated carbocycles. The lowest BCUT2D eigenvalue weighted by Crippen LogP contribution is -2.42. The third-order valence-electron chi connectivity index (χ3n) is 5.75. The van der Waals surface area contributed by atoms with E-state index in [0.29, 0.717) is 46.9 Å². The van der Waals surface area contributed by atoms with Crippen molar-refractivity contribution in [3.63, 3.8) is 0 Å². The first-order valence-corrected chi connectivity index (χ1v) is 10.5. The van der Waals surface area contributed by atoms with Crippen LogP contribution in [0.1, 0.15) is 35.2 Å². The summed E-state index contributed by atoms with van der Waals surface area (Å²) in [6, 6.07) is 11.9. The van der Waals surface area contributed by atoms with Crippen LogP contribution in [-0.4, -0.2) is 38.2 Å². The molecule has 0 aromatic heterocycles. The van der Waals surface area contributed by atoms with Gasteiger partial charge in [0.25, 0.3) is 0 Å². The van der Waals surface area contributed by atoms with Crippen molar-refractivity contribution in [3.8, 4) is 11.5 Å². The summed E-state index contributed by atoms with van der Waals surface area (Å²) in [5, 5.41) is 0.559. The van der Waals surface area contributed by atoms with Gasteiger partial charge in [0, 0.05) is 11.4 Å². The Balaban J connectivity index is 1.45. The molecule has 0 spiro atoms. The monoisotopic (exact) mass is 442 g/mol. The number of fused-ring (bicyclic) bond motifs is 1. The summed E-state index contributed by atoms with van der Waals surface area (Å²) >= 11 is 5.87. The van der Waals surface area contributed by atoms with Gasteiger partial charge in [0.1, 0.15) is 12.2 Å². The van der Waals surface area contributed by atoms with E-state index in [9.17, 15) is 9.59 Å². The van der Waals surface area contributed by atoms with E-state index in [-0.39, 0.29) is 23.9 Å². The fourth-order valence-electron chi connectivity index (χ4n) is 4.08. The fraction of sp³-hybridized carbons (Fsp3) is 0.333. The fourth-order valence-corrected chi connectivity index (χ4v) is 4.21. The second kappa shape index (κ2) is 9.02. The van der Waals surface area contributed by atoms with Crippen molar-refractivity contribution in [1.29, 1.82) is 0 Å². The van der Waals surface area contributed by atoms with Crippen LogP contribution in [0.3, 0.4) is 0 Å². The van der Waals surface area contributed by atoms with Crippen molar-refractivity contribution in [3.05, 3.63) is 64.9 Å². The molecule has 1 heterocycles.